The maximum absolute atomic E-state index is 3.22. The lowest BCUT2D eigenvalue weighted by Gasteiger charge is -2.20. The molecule has 0 aliphatic carbocycles. The molecule has 33 heavy (non-hydrogen) atoms. The van der Waals surface area contributed by atoms with Crippen molar-refractivity contribution < 1.29 is 0 Å². The van der Waals surface area contributed by atoms with Crippen molar-refractivity contribution in [3.8, 4) is 0 Å². The van der Waals surface area contributed by atoms with Crippen LogP contribution in [0.2, 0.25) is 0 Å². The van der Waals surface area contributed by atoms with Gasteiger partial charge >= 0.3 is 0 Å². The molecule has 4 fully saturated rings. The first kappa shape index (κ1) is 35.0. The van der Waals surface area contributed by atoms with E-state index in [1.807, 2.05) is 13.8 Å². The van der Waals surface area contributed by atoms with Gasteiger partial charge in [-0.25, -0.2) is 0 Å². The summed E-state index contributed by atoms with van der Waals surface area (Å²) in [5, 5.41) is 3.22. The van der Waals surface area contributed by atoms with Crippen LogP contribution < -0.4 is 5.32 Å². The van der Waals surface area contributed by atoms with Crippen molar-refractivity contribution in [2.24, 2.45) is 5.92 Å². The van der Waals surface area contributed by atoms with Gasteiger partial charge in [-0.15, -0.1) is 0 Å². The van der Waals surface area contributed by atoms with E-state index in [0.717, 1.165) is 5.92 Å². The predicted octanol–water partition coefficient (Wildman–Crippen LogP) is 6.75. The number of hydrogen-bond donors (Lipinski definition) is 1. The van der Waals surface area contributed by atoms with Gasteiger partial charge in [-0.2, -0.15) is 0 Å². The quantitative estimate of drug-likeness (QED) is 0.457. The Kier molecular flexibility index (Phi) is 29.8. The third-order valence-electron chi connectivity index (χ3n) is 6.51. The number of rotatable bonds is 1. The second-order valence-corrected chi connectivity index (χ2v) is 10.4. The highest BCUT2D eigenvalue weighted by Crippen LogP contribution is 2.07. The monoisotopic (exact) mass is 471 g/mol. The molecule has 4 aliphatic heterocycles. The molecule has 4 heteroatoms. The molecule has 4 heterocycles. The average molecular weight is 471 g/mol. The highest BCUT2D eigenvalue weighted by molar-refractivity contribution is 4.60. The summed E-state index contributed by atoms with van der Waals surface area (Å²) in [5.41, 5.74) is 0. The predicted molar refractivity (Wildman–Crippen MR) is 153 cm³/mol. The molecule has 0 spiro atoms. The highest BCUT2D eigenvalue weighted by Gasteiger charge is 2.04. The van der Waals surface area contributed by atoms with Crippen LogP contribution in [0, 0.1) is 5.92 Å². The highest BCUT2D eigenvalue weighted by atomic mass is 15.1. The van der Waals surface area contributed by atoms with Gasteiger partial charge in [0.1, 0.15) is 0 Å². The Morgan fingerprint density at radius 1 is 0.515 bits per heavy atom. The third-order valence-corrected chi connectivity index (χ3v) is 6.51. The number of piperidine rings is 1. The lowest BCUT2D eigenvalue weighted by molar-refractivity contribution is 0.277. The van der Waals surface area contributed by atoms with Gasteiger partial charge in [-0.3, -0.25) is 0 Å². The van der Waals surface area contributed by atoms with Crippen LogP contribution in [0.5, 0.6) is 0 Å². The molecule has 0 aromatic heterocycles. The van der Waals surface area contributed by atoms with Crippen LogP contribution >= 0.6 is 0 Å². The summed E-state index contributed by atoms with van der Waals surface area (Å²) < 4.78 is 0. The Hall–Kier alpha value is -0.160. The minimum atomic E-state index is 0.884. The van der Waals surface area contributed by atoms with Crippen LogP contribution in [0.25, 0.3) is 0 Å². The number of nitrogens with one attached hydrogen (secondary N) is 1. The van der Waals surface area contributed by atoms with Crippen molar-refractivity contribution in [3.63, 3.8) is 0 Å². The van der Waals surface area contributed by atoms with E-state index in [4.69, 9.17) is 0 Å². The second kappa shape index (κ2) is 28.1. The van der Waals surface area contributed by atoms with Gasteiger partial charge in [-0.05, 0) is 131 Å². The van der Waals surface area contributed by atoms with Gasteiger partial charge < -0.3 is 20.0 Å². The summed E-state index contributed by atoms with van der Waals surface area (Å²) >= 11 is 0. The van der Waals surface area contributed by atoms with E-state index in [2.05, 4.69) is 61.9 Å². The van der Waals surface area contributed by atoms with E-state index in [1.165, 1.54) is 129 Å². The van der Waals surface area contributed by atoms with E-state index >= 15 is 0 Å². The normalized spacial score (nSPS) is 21.4. The van der Waals surface area contributed by atoms with E-state index in [0.29, 0.717) is 0 Å². The molecule has 1 N–H and O–H groups in total. The molecule has 4 nitrogen and oxygen atoms in total. The van der Waals surface area contributed by atoms with Crippen LogP contribution in [0.4, 0.5) is 0 Å². The van der Waals surface area contributed by atoms with Crippen LogP contribution in [0.3, 0.4) is 0 Å². The molecule has 4 aliphatic rings. The first-order valence-electron chi connectivity index (χ1n) is 14.7. The van der Waals surface area contributed by atoms with Gasteiger partial charge in [0.05, 0.1) is 0 Å². The molecule has 0 aromatic carbocycles. The summed E-state index contributed by atoms with van der Waals surface area (Å²) in [4.78, 5) is 7.18. The SMILES string of the molecule is C1CCNC1.CC.CCC(C)C.CN1CCCC1.CN1CCCCC1.CN1CCCCCC1. The molecule has 0 bridgehead atoms. The number of nitrogens with zero attached hydrogens (tertiary/aromatic N) is 3. The molecule has 0 unspecified atom stereocenters. The Morgan fingerprint density at radius 3 is 0.939 bits per heavy atom. The summed E-state index contributed by atoms with van der Waals surface area (Å²) in [6.45, 7) is 21.1. The summed E-state index contributed by atoms with van der Waals surface area (Å²) in [5.74, 6) is 0.884. The van der Waals surface area contributed by atoms with Gasteiger partial charge in [0.15, 0.2) is 0 Å². The molecule has 4 saturated heterocycles. The first-order chi connectivity index (χ1) is 16.0. The van der Waals surface area contributed by atoms with Crippen LogP contribution in [0.1, 0.15) is 112 Å². The summed E-state index contributed by atoms with van der Waals surface area (Å²) in [6.07, 6.45) is 16.9. The largest absolute Gasteiger partial charge is 0.317 e. The topological polar surface area (TPSA) is 21.8 Å². The van der Waals surface area contributed by atoms with Gasteiger partial charge in [-0.1, -0.05) is 60.3 Å². The minimum absolute atomic E-state index is 0.884. The Morgan fingerprint density at radius 2 is 0.758 bits per heavy atom. The zero-order valence-electron chi connectivity index (χ0n) is 24.6. The van der Waals surface area contributed by atoms with Crippen LogP contribution in [-0.4, -0.2) is 88.2 Å². The van der Waals surface area contributed by atoms with Gasteiger partial charge in [0, 0.05) is 0 Å². The van der Waals surface area contributed by atoms with Crippen LogP contribution in [0.15, 0.2) is 0 Å². The van der Waals surface area contributed by atoms with Gasteiger partial charge in [0.2, 0.25) is 0 Å². The molecule has 0 amide bonds. The van der Waals surface area contributed by atoms with E-state index in [9.17, 15) is 0 Å². The van der Waals surface area contributed by atoms with Crippen molar-refractivity contribution in [2.75, 3.05) is 73.5 Å². The zero-order chi connectivity index (χ0) is 25.2. The summed E-state index contributed by atoms with van der Waals surface area (Å²) in [6, 6.07) is 0. The minimum Gasteiger partial charge on any atom is -0.317 e. The maximum Gasteiger partial charge on any atom is -0.00213 e. The molecular weight excluding hydrogens is 404 g/mol. The maximum atomic E-state index is 3.22. The standard InChI is InChI=1S/C7H15N.C6H13N.C5H11N.C5H12.C4H9N.C2H6/c1-8-6-4-2-3-5-7-8;1-7-5-3-2-4-6-7;1-6-4-2-3-5-6;1-4-5(2)3;1-2-4-5-3-1;1-2/h2-7H2,1H3;2-6H2,1H3;2-5H2,1H3;5H,4H2,1-3H3;5H,1-4H2;1-2H3. The fraction of sp³-hybridized carbons (Fsp3) is 1.00. The second-order valence-electron chi connectivity index (χ2n) is 10.4. The average Bonchev–Trinajstić information content (AvgIpc) is 3.52. The van der Waals surface area contributed by atoms with Crippen molar-refractivity contribution in [1.29, 1.82) is 0 Å². The lowest BCUT2D eigenvalue weighted by atomic mass is 10.1. The van der Waals surface area contributed by atoms with Crippen LogP contribution in [-0.2, 0) is 0 Å². The van der Waals surface area contributed by atoms with E-state index in [1.54, 1.807) is 0 Å². The van der Waals surface area contributed by atoms with Crippen molar-refractivity contribution in [3.05, 3.63) is 0 Å². The number of hydrogen-bond acceptors (Lipinski definition) is 4. The zero-order valence-corrected chi connectivity index (χ0v) is 24.6. The molecule has 202 valence electrons. The molecule has 0 radical (unpaired) electrons. The first-order valence-corrected chi connectivity index (χ1v) is 14.7. The molecule has 4 rings (SSSR count). The smallest absolute Gasteiger partial charge is 0.00213 e. The van der Waals surface area contributed by atoms with E-state index < -0.39 is 0 Å². The number of likely N-dealkylation sites (tertiary alicyclic amines) is 3. The fourth-order valence-electron chi connectivity index (χ4n) is 3.78. The van der Waals surface area contributed by atoms with Crippen molar-refractivity contribution >= 4 is 0 Å². The lowest BCUT2D eigenvalue weighted by Crippen LogP contribution is -2.24. The summed E-state index contributed by atoms with van der Waals surface area (Å²) in [7, 11) is 6.58. The van der Waals surface area contributed by atoms with Crippen molar-refractivity contribution in [1.82, 2.24) is 20.0 Å². The third kappa shape index (κ3) is 29.8. The Bertz CT molecular complexity index is 317. The molecule has 0 saturated carbocycles. The van der Waals surface area contributed by atoms with Crippen molar-refractivity contribution in [2.45, 2.75) is 112 Å². The fourth-order valence-corrected chi connectivity index (χ4v) is 3.78. The molecule has 0 aromatic rings. The molecule has 0 atom stereocenters. The molecular formula is C29H66N4. The van der Waals surface area contributed by atoms with Gasteiger partial charge in [0.25, 0.3) is 0 Å². The Labute approximate surface area is 211 Å². The Balaban J connectivity index is 0. The van der Waals surface area contributed by atoms with E-state index in [-0.39, 0.29) is 0 Å².